The molecule has 0 rings (SSSR count). The van der Waals surface area contributed by atoms with Gasteiger partial charge in [0.1, 0.15) is 0 Å². The summed E-state index contributed by atoms with van der Waals surface area (Å²) in [6, 6.07) is 0. The molecule has 0 saturated heterocycles. The van der Waals surface area contributed by atoms with Crippen LogP contribution in [-0.4, -0.2) is 25.0 Å². The summed E-state index contributed by atoms with van der Waals surface area (Å²) in [6.45, 7) is 3.76. The molecule has 0 aromatic heterocycles. The monoisotopic (exact) mass is 230 g/mol. The van der Waals surface area contributed by atoms with Crippen LogP contribution in [0, 0.1) is 0 Å². The number of carbonyl (C=O) groups excluding carboxylic acids is 1. The van der Waals surface area contributed by atoms with Crippen LogP contribution in [0.25, 0.3) is 0 Å². The molecule has 0 saturated carbocycles. The van der Waals surface area contributed by atoms with Crippen LogP contribution in [-0.2, 0) is 18.3 Å². The van der Waals surface area contributed by atoms with E-state index >= 15 is 0 Å². The van der Waals surface area contributed by atoms with Crippen LogP contribution in [0.5, 0.6) is 0 Å². The minimum absolute atomic E-state index is 0.219. The van der Waals surface area contributed by atoms with Gasteiger partial charge in [0.05, 0.1) is 13.2 Å². The van der Waals surface area contributed by atoms with Gasteiger partial charge < -0.3 is 13.8 Å². The molecular formula is C6H12ClO5P. The zero-order valence-electron chi connectivity index (χ0n) is 7.49. The third-order valence-corrected chi connectivity index (χ3v) is 2.85. The van der Waals surface area contributed by atoms with Crippen molar-refractivity contribution < 1.29 is 23.1 Å². The van der Waals surface area contributed by atoms with E-state index in [0.717, 1.165) is 0 Å². The van der Waals surface area contributed by atoms with E-state index in [9.17, 15) is 9.36 Å². The van der Waals surface area contributed by atoms with Crippen molar-refractivity contribution >= 4 is 24.6 Å². The van der Waals surface area contributed by atoms with E-state index in [1.54, 1.807) is 13.8 Å². The maximum absolute atomic E-state index is 11.5. The van der Waals surface area contributed by atoms with Gasteiger partial charge in [0.25, 0.3) is 0 Å². The van der Waals surface area contributed by atoms with E-state index < -0.39 is 19.4 Å². The third kappa shape index (κ3) is 6.05. The van der Waals surface area contributed by atoms with Crippen LogP contribution in [0.2, 0.25) is 0 Å². The lowest BCUT2D eigenvalue weighted by Gasteiger charge is -2.15. The van der Waals surface area contributed by atoms with Crippen molar-refractivity contribution in [3.63, 3.8) is 0 Å². The van der Waals surface area contributed by atoms with E-state index in [2.05, 4.69) is 4.74 Å². The van der Waals surface area contributed by atoms with Crippen molar-refractivity contribution in [3.8, 4) is 0 Å². The largest absolute Gasteiger partial charge is 0.441 e. The van der Waals surface area contributed by atoms with Crippen molar-refractivity contribution in [1.82, 2.24) is 0 Å². The van der Waals surface area contributed by atoms with Crippen molar-refractivity contribution in [2.75, 3.05) is 19.6 Å². The molecule has 0 unspecified atom stereocenters. The maximum atomic E-state index is 11.5. The summed E-state index contributed by atoms with van der Waals surface area (Å²) < 4.78 is 25.5. The van der Waals surface area contributed by atoms with Crippen molar-refractivity contribution in [2.24, 2.45) is 0 Å². The van der Waals surface area contributed by atoms with Gasteiger partial charge in [0, 0.05) is 11.6 Å². The molecule has 0 radical (unpaired) electrons. The fourth-order valence-electron chi connectivity index (χ4n) is 0.635. The number of halogens is 1. The molecule has 7 heteroatoms. The molecule has 0 atom stereocenters. The topological polar surface area (TPSA) is 61.8 Å². The molecule has 0 heterocycles. The first-order chi connectivity index (χ1) is 6.04. The highest BCUT2D eigenvalue weighted by molar-refractivity contribution is 7.53. The summed E-state index contributed by atoms with van der Waals surface area (Å²) in [5.74, 6) is 0. The Morgan fingerprint density at radius 1 is 1.31 bits per heavy atom. The Morgan fingerprint density at radius 2 is 1.77 bits per heavy atom. The molecule has 0 spiro atoms. The Balaban J connectivity index is 4.07. The number of carbonyl (C=O) groups is 1. The van der Waals surface area contributed by atoms with Gasteiger partial charge in [-0.1, -0.05) is 0 Å². The smallest absolute Gasteiger partial charge is 0.404 e. The van der Waals surface area contributed by atoms with Crippen LogP contribution in [0.3, 0.4) is 0 Å². The molecule has 0 aromatic carbocycles. The van der Waals surface area contributed by atoms with Crippen molar-refractivity contribution in [2.45, 2.75) is 13.8 Å². The molecule has 0 aliphatic heterocycles. The first kappa shape index (κ1) is 12.9. The van der Waals surface area contributed by atoms with Gasteiger partial charge in [0.15, 0.2) is 6.35 Å². The summed E-state index contributed by atoms with van der Waals surface area (Å²) in [5.41, 5.74) is -1.03. The Bertz CT molecular complexity index is 197. The summed E-state index contributed by atoms with van der Waals surface area (Å²) in [6.07, 6.45) is -0.447. The predicted molar refractivity (Wildman–Crippen MR) is 48.1 cm³/mol. The first-order valence-corrected chi connectivity index (χ1v) is 5.85. The van der Waals surface area contributed by atoms with Crippen LogP contribution < -0.4 is 0 Å². The second-order valence-corrected chi connectivity index (χ2v) is 4.26. The number of ether oxygens (including phenoxy) is 1. The second-order valence-electron chi connectivity index (χ2n) is 1.96. The Kier molecular flexibility index (Phi) is 6.33. The van der Waals surface area contributed by atoms with Gasteiger partial charge in [-0.25, -0.2) is 4.79 Å². The Labute approximate surface area is 81.8 Å². The molecule has 0 aliphatic carbocycles. The lowest BCUT2D eigenvalue weighted by atomic mass is 10.9. The highest BCUT2D eigenvalue weighted by atomic mass is 35.5. The molecule has 78 valence electrons. The van der Waals surface area contributed by atoms with E-state index in [1.165, 1.54) is 0 Å². The number of hydrogen-bond acceptors (Lipinski definition) is 5. The van der Waals surface area contributed by atoms with Crippen LogP contribution in [0.1, 0.15) is 13.8 Å². The normalized spacial score (nSPS) is 11.3. The Morgan fingerprint density at radius 3 is 2.08 bits per heavy atom. The number of rotatable bonds is 6. The molecule has 13 heavy (non-hydrogen) atoms. The van der Waals surface area contributed by atoms with E-state index in [1.807, 2.05) is 0 Å². The summed E-state index contributed by atoms with van der Waals surface area (Å²) in [7, 11) is -3.30. The summed E-state index contributed by atoms with van der Waals surface area (Å²) in [5, 5.41) is 0. The van der Waals surface area contributed by atoms with Crippen LogP contribution >= 0.6 is 19.2 Å². The fraction of sp³-hybridized carbons (Fsp3) is 0.833. The van der Waals surface area contributed by atoms with Gasteiger partial charge in [-0.15, -0.1) is 0 Å². The minimum Gasteiger partial charge on any atom is -0.441 e. The first-order valence-electron chi connectivity index (χ1n) is 3.74. The van der Waals surface area contributed by atoms with Crippen molar-refractivity contribution in [1.29, 1.82) is 0 Å². The zero-order chi connectivity index (χ0) is 10.3. The molecule has 5 nitrogen and oxygen atoms in total. The van der Waals surface area contributed by atoms with Crippen LogP contribution in [0.15, 0.2) is 0 Å². The average Bonchev–Trinajstić information content (AvgIpc) is 2.02. The SMILES string of the molecule is CCOP(=O)(COC(=O)Cl)OCC. The lowest BCUT2D eigenvalue weighted by molar-refractivity contribution is 0.161. The lowest BCUT2D eigenvalue weighted by Crippen LogP contribution is -2.04. The summed E-state index contributed by atoms with van der Waals surface area (Å²) in [4.78, 5) is 10.2. The molecule has 0 fully saturated rings. The number of hydrogen-bond donors (Lipinski definition) is 0. The third-order valence-electron chi connectivity index (χ3n) is 0.988. The van der Waals surface area contributed by atoms with Gasteiger partial charge >= 0.3 is 13.0 Å². The Hall–Kier alpha value is -0.0900. The maximum Gasteiger partial charge on any atom is 0.404 e. The molecular weight excluding hydrogens is 218 g/mol. The molecule has 0 amide bonds. The van der Waals surface area contributed by atoms with Crippen LogP contribution in [0.4, 0.5) is 4.79 Å². The quantitative estimate of drug-likeness (QED) is 0.518. The van der Waals surface area contributed by atoms with E-state index in [0.29, 0.717) is 0 Å². The van der Waals surface area contributed by atoms with Gasteiger partial charge in [-0.2, -0.15) is 0 Å². The van der Waals surface area contributed by atoms with Gasteiger partial charge in [-0.05, 0) is 13.8 Å². The standard InChI is InChI=1S/C6H12ClO5P/c1-3-11-13(9,12-4-2)5-10-6(7)8/h3-5H2,1-2H3. The van der Waals surface area contributed by atoms with Gasteiger partial charge in [-0.3, -0.25) is 4.57 Å². The highest BCUT2D eigenvalue weighted by Crippen LogP contribution is 2.47. The zero-order valence-corrected chi connectivity index (χ0v) is 9.14. The van der Waals surface area contributed by atoms with Crippen molar-refractivity contribution in [3.05, 3.63) is 0 Å². The summed E-state index contributed by atoms with van der Waals surface area (Å²) >= 11 is 4.89. The minimum atomic E-state index is -3.30. The van der Waals surface area contributed by atoms with E-state index in [-0.39, 0.29) is 13.2 Å². The fourth-order valence-corrected chi connectivity index (χ4v) is 2.05. The predicted octanol–water partition coefficient (Wildman–Crippen LogP) is 2.59. The highest BCUT2D eigenvalue weighted by Gasteiger charge is 2.25. The second kappa shape index (κ2) is 6.38. The van der Waals surface area contributed by atoms with E-state index in [4.69, 9.17) is 20.6 Å². The molecule has 0 aromatic rings. The molecule has 0 N–H and O–H groups in total. The van der Waals surface area contributed by atoms with Gasteiger partial charge in [0.2, 0.25) is 0 Å². The molecule has 0 aliphatic rings. The average molecular weight is 231 g/mol. The molecule has 0 bridgehead atoms.